The average Bonchev–Trinajstić information content (AvgIpc) is 1.81. The van der Waals surface area contributed by atoms with Gasteiger partial charge < -0.3 is 5.11 Å². The Morgan fingerprint density at radius 1 is 1.17 bits per heavy atom. The molecule has 1 nitrogen and oxygen atoms in total. The molecule has 1 N–H and O–H groups in total. The molecule has 0 rings (SSSR count). The monoisotopic (exact) mass is 192 g/mol. The minimum Gasteiger partial charge on any atom is -0.393 e. The minimum atomic E-state index is -5.51. The molecule has 0 aliphatic rings. The Kier molecular flexibility index (Phi) is 3.44. The van der Waals surface area contributed by atoms with Crippen LogP contribution in [0.5, 0.6) is 0 Å². The van der Waals surface area contributed by atoms with E-state index in [0.717, 1.165) is 6.92 Å². The Bertz CT molecular complexity index is 139. The summed E-state index contributed by atoms with van der Waals surface area (Å²) in [6.07, 6.45) is -8.58. The molecule has 0 aliphatic heterocycles. The first-order valence-corrected chi connectivity index (χ1v) is 3.29. The summed E-state index contributed by atoms with van der Waals surface area (Å²) < 4.78 is 58.5. The van der Waals surface area contributed by atoms with Crippen molar-refractivity contribution < 1.29 is 27.1 Å². The predicted octanol–water partition coefficient (Wildman–Crippen LogP) is 2.34. The quantitative estimate of drug-likeness (QED) is 0.680. The van der Waals surface area contributed by atoms with Crippen molar-refractivity contribution in [2.45, 2.75) is 38.0 Å². The summed E-state index contributed by atoms with van der Waals surface area (Å²) in [5.41, 5.74) is 0. The third-order valence-electron chi connectivity index (χ3n) is 1.29. The zero-order chi connectivity index (χ0) is 9.99. The largest absolute Gasteiger partial charge is 0.453 e. The molecule has 74 valence electrons. The van der Waals surface area contributed by atoms with E-state index in [1.807, 2.05) is 0 Å². The van der Waals surface area contributed by atoms with Gasteiger partial charge in [0.1, 0.15) is 0 Å². The van der Waals surface area contributed by atoms with E-state index >= 15 is 0 Å². The summed E-state index contributed by atoms with van der Waals surface area (Å²) in [5.74, 6) is -4.69. The van der Waals surface area contributed by atoms with Gasteiger partial charge in [0.05, 0.1) is 6.10 Å². The Balaban J connectivity index is 4.05. The van der Waals surface area contributed by atoms with Crippen molar-refractivity contribution in [2.24, 2.45) is 0 Å². The number of hydrogen-bond donors (Lipinski definition) is 1. The van der Waals surface area contributed by atoms with Gasteiger partial charge in [0.2, 0.25) is 0 Å². The van der Waals surface area contributed by atoms with Crippen LogP contribution < -0.4 is 0 Å². The van der Waals surface area contributed by atoms with Gasteiger partial charge in [-0.3, -0.25) is 0 Å². The van der Waals surface area contributed by atoms with Gasteiger partial charge in [0.25, 0.3) is 0 Å². The van der Waals surface area contributed by atoms with Crippen LogP contribution in [0.4, 0.5) is 22.0 Å². The highest BCUT2D eigenvalue weighted by Crippen LogP contribution is 2.38. The fourth-order valence-corrected chi connectivity index (χ4v) is 0.532. The lowest BCUT2D eigenvalue weighted by atomic mass is 10.1. The van der Waals surface area contributed by atoms with Crippen molar-refractivity contribution in [2.75, 3.05) is 0 Å². The van der Waals surface area contributed by atoms with Gasteiger partial charge in [-0.1, -0.05) is 0 Å². The van der Waals surface area contributed by atoms with Gasteiger partial charge in [-0.15, -0.1) is 0 Å². The van der Waals surface area contributed by atoms with Crippen molar-refractivity contribution in [1.29, 1.82) is 0 Å². The van der Waals surface area contributed by atoms with Crippen molar-refractivity contribution >= 4 is 0 Å². The fraction of sp³-hybridized carbons (Fsp3) is 1.00. The number of rotatable bonds is 3. The van der Waals surface area contributed by atoms with E-state index in [0.29, 0.717) is 0 Å². The molecule has 0 fully saturated rings. The predicted molar refractivity (Wildman–Crippen MR) is 31.9 cm³/mol. The smallest absolute Gasteiger partial charge is 0.393 e. The molecule has 12 heavy (non-hydrogen) atoms. The average molecular weight is 192 g/mol. The first-order valence-electron chi connectivity index (χ1n) is 3.29. The molecule has 0 heterocycles. The first-order chi connectivity index (χ1) is 5.17. The highest BCUT2D eigenvalue weighted by Gasteiger charge is 2.56. The molecule has 0 saturated heterocycles. The maximum Gasteiger partial charge on any atom is 0.453 e. The Morgan fingerprint density at radius 2 is 1.58 bits per heavy atom. The van der Waals surface area contributed by atoms with Crippen LogP contribution in [0.25, 0.3) is 0 Å². The van der Waals surface area contributed by atoms with Crippen LogP contribution in [0.3, 0.4) is 0 Å². The van der Waals surface area contributed by atoms with E-state index in [1.54, 1.807) is 0 Å². The molecule has 0 radical (unpaired) electrons. The molecule has 0 spiro atoms. The molecule has 0 aromatic carbocycles. The van der Waals surface area contributed by atoms with E-state index in [2.05, 4.69) is 0 Å². The lowest BCUT2D eigenvalue weighted by Crippen LogP contribution is -2.36. The van der Waals surface area contributed by atoms with Crippen LogP contribution in [0.15, 0.2) is 0 Å². The third kappa shape index (κ3) is 3.34. The second-order valence-corrected chi connectivity index (χ2v) is 2.59. The lowest BCUT2D eigenvalue weighted by Gasteiger charge is -2.19. The van der Waals surface area contributed by atoms with Crippen LogP contribution in [0, 0.1) is 0 Å². The van der Waals surface area contributed by atoms with Crippen molar-refractivity contribution in [3.05, 3.63) is 0 Å². The van der Waals surface area contributed by atoms with Gasteiger partial charge in [-0.25, -0.2) is 0 Å². The Labute approximate surface area is 66.2 Å². The number of hydrogen-bond acceptors (Lipinski definition) is 1. The number of aliphatic hydroxyl groups is 1. The van der Waals surface area contributed by atoms with E-state index in [9.17, 15) is 22.0 Å². The summed E-state index contributed by atoms with van der Waals surface area (Å²) in [6.45, 7) is 1.16. The second kappa shape index (κ2) is 3.55. The third-order valence-corrected chi connectivity index (χ3v) is 1.29. The fourth-order valence-electron chi connectivity index (χ4n) is 0.532. The molecule has 0 aromatic heterocycles. The second-order valence-electron chi connectivity index (χ2n) is 2.59. The van der Waals surface area contributed by atoms with Crippen LogP contribution >= 0.6 is 0 Å². The van der Waals surface area contributed by atoms with Crippen molar-refractivity contribution in [1.82, 2.24) is 0 Å². The summed E-state index contributed by atoms with van der Waals surface area (Å²) in [4.78, 5) is 0. The van der Waals surface area contributed by atoms with Crippen molar-refractivity contribution in [3.63, 3.8) is 0 Å². The van der Waals surface area contributed by atoms with Crippen LogP contribution in [-0.2, 0) is 0 Å². The molecule has 0 aromatic rings. The van der Waals surface area contributed by atoms with Crippen LogP contribution in [0.1, 0.15) is 19.8 Å². The molecule has 0 bridgehead atoms. The van der Waals surface area contributed by atoms with Crippen LogP contribution in [0.2, 0.25) is 0 Å². The molecular formula is C6H9F5O. The zero-order valence-corrected chi connectivity index (χ0v) is 6.33. The lowest BCUT2D eigenvalue weighted by molar-refractivity contribution is -0.285. The molecule has 0 aliphatic carbocycles. The maximum atomic E-state index is 12.1. The number of halogens is 5. The molecular weight excluding hydrogens is 183 g/mol. The minimum absolute atomic E-state index is 0.563. The highest BCUT2D eigenvalue weighted by molar-refractivity contribution is 4.76. The van der Waals surface area contributed by atoms with Crippen LogP contribution in [-0.4, -0.2) is 23.3 Å². The summed E-state index contributed by atoms with van der Waals surface area (Å²) in [6, 6.07) is 0. The van der Waals surface area contributed by atoms with E-state index in [1.165, 1.54) is 0 Å². The number of alkyl halides is 5. The van der Waals surface area contributed by atoms with Gasteiger partial charge in [-0.05, 0) is 13.3 Å². The van der Waals surface area contributed by atoms with Gasteiger partial charge in [0, 0.05) is 6.42 Å². The van der Waals surface area contributed by atoms with E-state index in [-0.39, 0.29) is 0 Å². The van der Waals surface area contributed by atoms with Gasteiger partial charge in [-0.2, -0.15) is 22.0 Å². The maximum absolute atomic E-state index is 12.1. The molecule has 0 unspecified atom stereocenters. The standard InChI is InChI=1S/C6H9F5O/c1-4(12)2-3-5(7,8)6(9,10)11/h4,12H,2-3H2,1H3/t4-/m1/s1. The molecule has 0 amide bonds. The molecule has 6 heteroatoms. The van der Waals surface area contributed by atoms with Crippen molar-refractivity contribution in [3.8, 4) is 0 Å². The highest BCUT2D eigenvalue weighted by atomic mass is 19.4. The van der Waals surface area contributed by atoms with Gasteiger partial charge in [0.15, 0.2) is 0 Å². The van der Waals surface area contributed by atoms with Gasteiger partial charge >= 0.3 is 12.1 Å². The van der Waals surface area contributed by atoms with E-state index in [4.69, 9.17) is 5.11 Å². The SMILES string of the molecule is C[C@@H](O)CCC(F)(F)C(F)(F)F. The Morgan fingerprint density at radius 3 is 1.83 bits per heavy atom. The summed E-state index contributed by atoms with van der Waals surface area (Å²) >= 11 is 0. The first kappa shape index (κ1) is 11.6. The summed E-state index contributed by atoms with van der Waals surface area (Å²) in [5, 5.41) is 8.48. The Hall–Kier alpha value is -0.390. The number of aliphatic hydroxyl groups excluding tert-OH is 1. The zero-order valence-electron chi connectivity index (χ0n) is 6.33. The topological polar surface area (TPSA) is 20.2 Å². The van der Waals surface area contributed by atoms with E-state index < -0.39 is 31.0 Å². The molecule has 0 saturated carbocycles. The molecule has 1 atom stereocenters. The summed E-state index contributed by atoms with van der Waals surface area (Å²) in [7, 11) is 0. The normalized spacial score (nSPS) is 16.2.